The lowest BCUT2D eigenvalue weighted by molar-refractivity contribution is -0.117. The molecule has 0 radical (unpaired) electrons. The van der Waals surface area contributed by atoms with Crippen molar-refractivity contribution in [3.63, 3.8) is 0 Å². The lowest BCUT2D eigenvalue weighted by atomic mass is 10.1. The molecule has 0 aliphatic heterocycles. The zero-order chi connectivity index (χ0) is 8.97. The van der Waals surface area contributed by atoms with Gasteiger partial charge in [-0.15, -0.1) is 0 Å². The van der Waals surface area contributed by atoms with Crippen LogP contribution in [0, 0.1) is 0 Å². The molecule has 0 spiro atoms. The minimum atomic E-state index is -0.0381. The minimum Gasteiger partial charge on any atom is -0.364 e. The number of nitrogens with two attached hydrogens (primary N) is 1. The number of nitrogens with one attached hydrogen (secondary N) is 1. The first-order valence-electron chi connectivity index (χ1n) is 4.08. The van der Waals surface area contributed by atoms with Crippen molar-refractivity contribution >= 4 is 5.78 Å². The van der Waals surface area contributed by atoms with Gasteiger partial charge in [-0.1, -0.05) is 0 Å². The number of aromatic amines is 1. The molecule has 3 N–H and O–H groups in total. The third kappa shape index (κ3) is 2.51. The summed E-state index contributed by atoms with van der Waals surface area (Å²) in [5.41, 5.74) is 6.80. The minimum absolute atomic E-state index is 0.0381. The van der Waals surface area contributed by atoms with Gasteiger partial charge in [0.05, 0.1) is 0 Å². The van der Waals surface area contributed by atoms with Crippen LogP contribution in [0.15, 0.2) is 18.3 Å². The summed E-state index contributed by atoms with van der Waals surface area (Å²) in [7, 11) is 0. The molecule has 12 heavy (non-hydrogen) atoms. The fourth-order valence-electron chi connectivity index (χ4n) is 1.09. The maximum Gasteiger partial charge on any atom is 0.129 e. The molecule has 0 saturated carbocycles. The van der Waals surface area contributed by atoms with Gasteiger partial charge < -0.3 is 15.5 Å². The zero-order valence-corrected chi connectivity index (χ0v) is 7.21. The highest BCUT2D eigenvalue weighted by molar-refractivity contribution is 5.75. The Balaban J connectivity index is 2.39. The van der Waals surface area contributed by atoms with E-state index in [1.165, 1.54) is 0 Å². The summed E-state index contributed by atoms with van der Waals surface area (Å²) in [6, 6.07) is 3.80. The van der Waals surface area contributed by atoms with E-state index < -0.39 is 0 Å². The third-order valence-electron chi connectivity index (χ3n) is 1.83. The van der Waals surface area contributed by atoms with Crippen LogP contribution >= 0.6 is 0 Å². The lowest BCUT2D eigenvalue weighted by Crippen LogP contribution is -2.11. The van der Waals surface area contributed by atoms with Gasteiger partial charge in [0.2, 0.25) is 0 Å². The van der Waals surface area contributed by atoms with Crippen LogP contribution < -0.4 is 5.73 Å². The van der Waals surface area contributed by atoms with Crippen LogP contribution in [-0.4, -0.2) is 10.8 Å². The monoisotopic (exact) mass is 166 g/mol. The number of H-pyrrole nitrogens is 1. The normalized spacial score (nSPS) is 12.8. The molecule has 0 aliphatic rings. The predicted molar refractivity (Wildman–Crippen MR) is 47.6 cm³/mol. The van der Waals surface area contributed by atoms with Crippen LogP contribution in [0.2, 0.25) is 0 Å². The zero-order valence-electron chi connectivity index (χ0n) is 7.21. The number of carbonyl (C=O) groups is 1. The first kappa shape index (κ1) is 9.00. The molecule has 0 fully saturated rings. The predicted octanol–water partition coefficient (Wildman–Crippen LogP) is 1.38. The maximum atomic E-state index is 10.7. The Hall–Kier alpha value is -1.09. The summed E-state index contributed by atoms with van der Waals surface area (Å²) >= 11 is 0. The Morgan fingerprint density at radius 3 is 3.00 bits per heavy atom. The van der Waals surface area contributed by atoms with E-state index in [1.54, 1.807) is 6.92 Å². The van der Waals surface area contributed by atoms with Crippen molar-refractivity contribution in [2.45, 2.75) is 25.8 Å². The van der Waals surface area contributed by atoms with Crippen LogP contribution in [-0.2, 0) is 4.79 Å². The Bertz CT molecular complexity index is 241. The summed E-state index contributed by atoms with van der Waals surface area (Å²) in [4.78, 5) is 13.7. The van der Waals surface area contributed by atoms with E-state index in [0.717, 1.165) is 12.1 Å². The van der Waals surface area contributed by atoms with Crippen molar-refractivity contribution in [2.75, 3.05) is 0 Å². The summed E-state index contributed by atoms with van der Waals surface area (Å²) in [5.74, 6) is 0.192. The molecule has 1 aromatic rings. The van der Waals surface area contributed by atoms with E-state index in [1.807, 2.05) is 18.3 Å². The van der Waals surface area contributed by atoms with Gasteiger partial charge in [-0.05, 0) is 25.5 Å². The Morgan fingerprint density at radius 1 is 1.75 bits per heavy atom. The second-order valence-corrected chi connectivity index (χ2v) is 2.97. The van der Waals surface area contributed by atoms with Gasteiger partial charge in [-0.25, -0.2) is 0 Å². The lowest BCUT2D eigenvalue weighted by Gasteiger charge is -2.07. The first-order valence-corrected chi connectivity index (χ1v) is 4.08. The molecule has 0 amide bonds. The molecule has 3 nitrogen and oxygen atoms in total. The standard InChI is InChI=1S/C9H14N2O/c1-7(12)4-5-8(10)9-3-2-6-11-9/h2-3,6,8,11H,4-5,10H2,1H3. The largest absolute Gasteiger partial charge is 0.364 e. The number of hydrogen-bond donors (Lipinski definition) is 2. The summed E-state index contributed by atoms with van der Waals surface area (Å²) in [6.45, 7) is 1.58. The molecule has 1 unspecified atom stereocenters. The summed E-state index contributed by atoms with van der Waals surface area (Å²) in [5, 5.41) is 0. The third-order valence-corrected chi connectivity index (χ3v) is 1.83. The summed E-state index contributed by atoms with van der Waals surface area (Å²) < 4.78 is 0. The SMILES string of the molecule is CC(=O)CCC(N)c1ccc[nH]1. The first-order chi connectivity index (χ1) is 5.70. The molecular weight excluding hydrogens is 152 g/mol. The quantitative estimate of drug-likeness (QED) is 0.710. The molecule has 1 rings (SSSR count). The number of Topliss-reactive ketones (excluding diaryl/α,β-unsaturated/α-hetero) is 1. The maximum absolute atomic E-state index is 10.7. The van der Waals surface area contributed by atoms with Crippen LogP contribution in [0.25, 0.3) is 0 Å². The van der Waals surface area contributed by atoms with Crippen LogP contribution in [0.1, 0.15) is 31.5 Å². The molecule has 0 saturated heterocycles. The number of rotatable bonds is 4. The van der Waals surface area contributed by atoms with Crippen molar-refractivity contribution in [1.82, 2.24) is 4.98 Å². The number of carbonyl (C=O) groups excluding carboxylic acids is 1. The summed E-state index contributed by atoms with van der Waals surface area (Å²) in [6.07, 6.45) is 3.11. The van der Waals surface area contributed by atoms with E-state index in [-0.39, 0.29) is 11.8 Å². The van der Waals surface area contributed by atoms with Gasteiger partial charge >= 0.3 is 0 Å². The van der Waals surface area contributed by atoms with E-state index in [2.05, 4.69) is 4.98 Å². The molecule has 1 aromatic heterocycles. The van der Waals surface area contributed by atoms with Gasteiger partial charge in [0.15, 0.2) is 0 Å². The Labute approximate surface area is 72.0 Å². The van der Waals surface area contributed by atoms with Gasteiger partial charge in [-0.3, -0.25) is 0 Å². The Morgan fingerprint density at radius 2 is 2.50 bits per heavy atom. The highest BCUT2D eigenvalue weighted by Gasteiger charge is 2.06. The van der Waals surface area contributed by atoms with E-state index in [0.29, 0.717) is 6.42 Å². The number of hydrogen-bond acceptors (Lipinski definition) is 2. The van der Waals surface area contributed by atoms with E-state index in [4.69, 9.17) is 5.73 Å². The van der Waals surface area contributed by atoms with Crippen LogP contribution in [0.3, 0.4) is 0 Å². The van der Waals surface area contributed by atoms with E-state index in [9.17, 15) is 4.79 Å². The molecular formula is C9H14N2O. The van der Waals surface area contributed by atoms with E-state index >= 15 is 0 Å². The number of aromatic nitrogens is 1. The highest BCUT2D eigenvalue weighted by atomic mass is 16.1. The van der Waals surface area contributed by atoms with Gasteiger partial charge in [0, 0.05) is 24.4 Å². The van der Waals surface area contributed by atoms with Crippen molar-refractivity contribution in [3.05, 3.63) is 24.0 Å². The fourth-order valence-corrected chi connectivity index (χ4v) is 1.09. The van der Waals surface area contributed by atoms with Crippen LogP contribution in [0.5, 0.6) is 0 Å². The molecule has 3 heteroatoms. The topological polar surface area (TPSA) is 58.9 Å². The van der Waals surface area contributed by atoms with Gasteiger partial charge in [0.25, 0.3) is 0 Å². The molecule has 0 bridgehead atoms. The number of ketones is 1. The molecule has 0 aliphatic carbocycles. The average molecular weight is 166 g/mol. The van der Waals surface area contributed by atoms with Crippen molar-refractivity contribution in [2.24, 2.45) is 5.73 Å². The van der Waals surface area contributed by atoms with Gasteiger partial charge in [0.1, 0.15) is 5.78 Å². The van der Waals surface area contributed by atoms with Crippen LogP contribution in [0.4, 0.5) is 0 Å². The van der Waals surface area contributed by atoms with Gasteiger partial charge in [-0.2, -0.15) is 0 Å². The molecule has 1 atom stereocenters. The Kier molecular flexibility index (Phi) is 3.05. The van der Waals surface area contributed by atoms with Crippen molar-refractivity contribution < 1.29 is 4.79 Å². The second-order valence-electron chi connectivity index (χ2n) is 2.97. The fraction of sp³-hybridized carbons (Fsp3) is 0.444. The molecule has 66 valence electrons. The molecule has 0 aromatic carbocycles. The smallest absolute Gasteiger partial charge is 0.129 e. The van der Waals surface area contributed by atoms with Crippen molar-refractivity contribution in [1.29, 1.82) is 0 Å². The second kappa shape index (κ2) is 4.07. The highest BCUT2D eigenvalue weighted by Crippen LogP contribution is 2.12. The molecule has 1 heterocycles. The average Bonchev–Trinajstić information content (AvgIpc) is 2.51. The van der Waals surface area contributed by atoms with Crippen molar-refractivity contribution in [3.8, 4) is 0 Å².